The van der Waals surface area contributed by atoms with Gasteiger partial charge in [-0.2, -0.15) is 0 Å². The maximum absolute atomic E-state index is 11.8. The average molecular weight is 1150 g/mol. The van der Waals surface area contributed by atoms with E-state index in [1.807, 2.05) is 73.5 Å². The fourth-order valence-corrected chi connectivity index (χ4v) is 7.01. The van der Waals surface area contributed by atoms with Gasteiger partial charge >= 0.3 is 0 Å². The molecule has 1 aliphatic heterocycles. The lowest BCUT2D eigenvalue weighted by molar-refractivity contribution is 0.0730. The quantitative estimate of drug-likeness (QED) is 0.172. The molecule has 4 nitrogen and oxygen atoms in total. The number of pyridine rings is 1. The zero-order chi connectivity index (χ0) is 60.4. The molecule has 0 radical (unpaired) electrons. The second kappa shape index (κ2) is 49.5. The fraction of sp³-hybridized carbons (Fsp3) is 0.525. The van der Waals surface area contributed by atoms with E-state index in [4.69, 9.17) is 0 Å². The monoisotopic (exact) mass is 1150 g/mol. The van der Waals surface area contributed by atoms with Gasteiger partial charge in [-0.15, -0.1) is 0 Å². The number of imidazole rings is 1. The van der Waals surface area contributed by atoms with Crippen molar-refractivity contribution in [2.24, 2.45) is 35.5 Å². The van der Waals surface area contributed by atoms with Crippen molar-refractivity contribution in [1.29, 1.82) is 0 Å². The molecule has 1 amide bonds. The summed E-state index contributed by atoms with van der Waals surface area (Å²) in [6, 6.07) is 48.5. The minimum atomic E-state index is 0. The Bertz CT molecular complexity index is 2590. The SMILES string of the molecule is C.C.C.C.C.CC(C)C.CC(C)C.CC(C)C.CC(C)C.CC(C)C.CC(C)C1=Cc2ccccc2C1.CC(C)N1Cc2ccccc2C1=O.CC(C)c1ccc2ccccc2c1.CC(C)c1ccccc1.CC(C)c1cn2ccccc2n1. The summed E-state index contributed by atoms with van der Waals surface area (Å²) < 4.78 is 2.05. The van der Waals surface area contributed by atoms with Crippen LogP contribution in [0.5, 0.6) is 0 Å². The van der Waals surface area contributed by atoms with Gasteiger partial charge < -0.3 is 9.30 Å². The molecule has 0 saturated heterocycles. The van der Waals surface area contributed by atoms with E-state index in [0.29, 0.717) is 29.7 Å². The molecule has 7 aromatic rings. The molecular weight excluding hydrogens is 1020 g/mol. The largest absolute Gasteiger partial charge is 0.332 e. The highest BCUT2D eigenvalue weighted by molar-refractivity contribution is 5.98. The normalized spacial score (nSPS) is 11.0. The van der Waals surface area contributed by atoms with Crippen molar-refractivity contribution in [2.75, 3.05) is 0 Å². The average Bonchev–Trinajstić information content (AvgIpc) is 4.11. The number of carbonyl (C=O) groups excluding carboxylic acids is 1. The summed E-state index contributed by atoms with van der Waals surface area (Å²) in [5.41, 5.74) is 11.5. The Morgan fingerprint density at radius 1 is 0.405 bits per heavy atom. The Labute approximate surface area is 523 Å². The van der Waals surface area contributed by atoms with E-state index in [1.54, 1.807) is 5.57 Å². The van der Waals surface area contributed by atoms with Crippen molar-refractivity contribution < 1.29 is 4.79 Å². The highest BCUT2D eigenvalue weighted by atomic mass is 16.2. The van der Waals surface area contributed by atoms with Crippen LogP contribution < -0.4 is 0 Å². The van der Waals surface area contributed by atoms with Crippen LogP contribution in [0.4, 0.5) is 0 Å². The van der Waals surface area contributed by atoms with Crippen LogP contribution in [0.3, 0.4) is 0 Å². The first-order valence-electron chi connectivity index (χ1n) is 30.1. The summed E-state index contributed by atoms with van der Waals surface area (Å²) in [5, 5.41) is 2.67. The molecule has 0 N–H and O–H groups in total. The van der Waals surface area contributed by atoms with Gasteiger partial charge in [-0.1, -0.05) is 329 Å². The molecule has 0 bridgehead atoms. The van der Waals surface area contributed by atoms with Gasteiger partial charge in [0.1, 0.15) is 5.65 Å². The lowest BCUT2D eigenvalue weighted by atomic mass is 9.99. The van der Waals surface area contributed by atoms with Gasteiger partial charge in [0.05, 0.1) is 5.69 Å². The van der Waals surface area contributed by atoms with Crippen LogP contribution in [0.15, 0.2) is 157 Å². The number of fused-ring (bicyclic) bond motifs is 4. The van der Waals surface area contributed by atoms with Crippen LogP contribution in [0.1, 0.15) is 272 Å². The van der Waals surface area contributed by atoms with Gasteiger partial charge in [-0.3, -0.25) is 4.79 Å². The van der Waals surface area contributed by atoms with E-state index < -0.39 is 0 Å². The zero-order valence-corrected chi connectivity index (χ0v) is 54.9. The van der Waals surface area contributed by atoms with E-state index in [-0.39, 0.29) is 43.0 Å². The van der Waals surface area contributed by atoms with E-state index in [9.17, 15) is 4.79 Å². The number of amides is 1. The maximum Gasteiger partial charge on any atom is 0.254 e. The highest BCUT2D eigenvalue weighted by Gasteiger charge is 2.28. The summed E-state index contributed by atoms with van der Waals surface area (Å²) in [4.78, 5) is 18.1. The lowest BCUT2D eigenvalue weighted by Crippen LogP contribution is -2.30. The van der Waals surface area contributed by atoms with Crippen LogP contribution >= 0.6 is 0 Å². The Balaban J connectivity index is -0.000000207. The van der Waals surface area contributed by atoms with Crippen LogP contribution in [-0.4, -0.2) is 26.2 Å². The molecule has 2 aliphatic rings. The molecule has 0 atom stereocenters. The zero-order valence-electron chi connectivity index (χ0n) is 54.9. The number of hydrogen-bond donors (Lipinski definition) is 0. The standard InChI is InChI=1S/C13H14.C12H14.C11H13NO.C10H12N2.C9H12.5C4H10.5CH4/c1-10(2)12-8-7-11-5-3-4-6-13(11)9-12;1-9(2)12-7-10-5-3-4-6-11(10)8-12;1-8(2)12-7-9-5-3-4-6-10(9)11(12)13;1-8(2)9-7-12-6-4-3-5-10(12)11-9;1-8(2)9-6-4-3-5-7-9;5*1-4(2)3;;;;;/h3-10H,1-2H3;3-7,9H,8H2,1-2H3;3-6,8H,7H2,1-2H3;3-8H,1-2H3;3-8H,1-2H3;5*4H,1-3H3;5*1H4. The maximum atomic E-state index is 11.8. The Morgan fingerprint density at radius 2 is 0.833 bits per heavy atom. The smallest absolute Gasteiger partial charge is 0.254 e. The molecule has 84 heavy (non-hydrogen) atoms. The number of carbonyl (C=O) groups is 1. The Hall–Kier alpha value is -5.74. The Kier molecular flexibility index (Phi) is 52.7. The summed E-state index contributed by atoms with van der Waals surface area (Å²) in [5.74, 6) is 6.81. The van der Waals surface area contributed by atoms with E-state index in [2.05, 4.69) is 272 Å². The Morgan fingerprint density at radius 3 is 1.25 bits per heavy atom. The van der Waals surface area contributed by atoms with Gasteiger partial charge in [-0.05, 0) is 130 Å². The third-order valence-electron chi connectivity index (χ3n) is 10.9. The third-order valence-corrected chi connectivity index (χ3v) is 10.9. The predicted molar refractivity (Wildman–Crippen MR) is 388 cm³/mol. The molecule has 9 rings (SSSR count). The van der Waals surface area contributed by atoms with Crippen molar-refractivity contribution >= 4 is 28.4 Å². The number of allylic oxidation sites excluding steroid dienone is 1. The second-order valence-corrected chi connectivity index (χ2v) is 25.7. The van der Waals surface area contributed by atoms with Crippen molar-refractivity contribution in [2.45, 2.75) is 247 Å². The molecule has 0 fully saturated rings. The molecule has 0 unspecified atom stereocenters. The van der Waals surface area contributed by atoms with Gasteiger partial charge in [-0.25, -0.2) is 4.98 Å². The van der Waals surface area contributed by atoms with E-state index >= 15 is 0 Å². The number of benzene rings is 5. The molecule has 476 valence electrons. The lowest BCUT2D eigenvalue weighted by Gasteiger charge is -2.19. The first-order chi connectivity index (χ1) is 37.0. The minimum absolute atomic E-state index is 0. The van der Waals surface area contributed by atoms with Crippen molar-refractivity contribution in [3.63, 3.8) is 0 Å². The molecule has 0 saturated carbocycles. The highest BCUT2D eigenvalue weighted by Crippen LogP contribution is 2.29. The van der Waals surface area contributed by atoms with Crippen LogP contribution in [0.25, 0.3) is 22.5 Å². The first-order valence-corrected chi connectivity index (χ1v) is 30.1. The van der Waals surface area contributed by atoms with Crippen molar-refractivity contribution in [3.8, 4) is 0 Å². The van der Waals surface area contributed by atoms with Gasteiger partial charge in [0.25, 0.3) is 5.91 Å². The van der Waals surface area contributed by atoms with E-state index in [1.165, 1.54) is 33.0 Å². The number of nitrogens with zero attached hydrogens (tertiary/aromatic N) is 3. The third kappa shape index (κ3) is 40.5. The summed E-state index contributed by atoms with van der Waals surface area (Å²) in [6.45, 7) is 55.1. The summed E-state index contributed by atoms with van der Waals surface area (Å²) in [7, 11) is 0. The number of hydrogen-bond acceptors (Lipinski definition) is 2. The van der Waals surface area contributed by atoms with Crippen LogP contribution in [0.2, 0.25) is 0 Å². The molecule has 0 spiro atoms. The summed E-state index contributed by atoms with van der Waals surface area (Å²) >= 11 is 0. The van der Waals surface area contributed by atoms with Crippen molar-refractivity contribution in [1.82, 2.24) is 14.3 Å². The number of aromatic nitrogens is 2. The second-order valence-electron chi connectivity index (χ2n) is 25.7. The predicted octanol–water partition coefficient (Wildman–Crippen LogP) is 26.1. The summed E-state index contributed by atoms with van der Waals surface area (Å²) in [6.07, 6.45) is 7.60. The van der Waals surface area contributed by atoms with Gasteiger partial charge in [0, 0.05) is 30.5 Å². The molecule has 2 aromatic heterocycles. The molecule has 3 heterocycles. The fourth-order valence-electron chi connectivity index (χ4n) is 7.01. The molecule has 1 aliphatic carbocycles. The minimum Gasteiger partial charge on any atom is -0.332 e. The molecule has 4 heteroatoms. The van der Waals surface area contributed by atoms with Crippen LogP contribution in [0, 0.1) is 35.5 Å². The van der Waals surface area contributed by atoms with E-state index in [0.717, 1.165) is 65.0 Å². The molecule has 5 aromatic carbocycles. The topological polar surface area (TPSA) is 37.6 Å². The first kappa shape index (κ1) is 89.5. The van der Waals surface area contributed by atoms with Crippen molar-refractivity contribution in [3.05, 3.63) is 197 Å². The molecular formula is C80H135N3O. The van der Waals surface area contributed by atoms with Crippen LogP contribution in [-0.2, 0) is 13.0 Å². The van der Waals surface area contributed by atoms with Gasteiger partial charge in [0.15, 0.2) is 0 Å². The van der Waals surface area contributed by atoms with Gasteiger partial charge in [0.2, 0.25) is 0 Å². The number of rotatable bonds is 5.